The fraction of sp³-hybridized carbons (Fsp3) is 0.308. The normalized spacial score (nSPS) is 16.2. The van der Waals surface area contributed by atoms with Crippen LogP contribution < -0.4 is 5.73 Å². The van der Waals surface area contributed by atoms with E-state index in [0.29, 0.717) is 11.7 Å². The van der Waals surface area contributed by atoms with Gasteiger partial charge in [-0.05, 0) is 31.4 Å². The number of halogens is 1. The fourth-order valence-electron chi connectivity index (χ4n) is 2.19. The lowest BCUT2D eigenvalue weighted by atomic mass is 9.77. The van der Waals surface area contributed by atoms with E-state index in [1.165, 1.54) is 11.3 Å². The molecule has 0 unspecified atom stereocenters. The summed E-state index contributed by atoms with van der Waals surface area (Å²) < 4.78 is 10.6. The molecule has 4 rings (SSSR count). The molecule has 0 atom stereocenters. The molecule has 0 saturated heterocycles. The summed E-state index contributed by atoms with van der Waals surface area (Å²) in [5.41, 5.74) is 5.78. The maximum absolute atomic E-state index is 6.19. The Balaban J connectivity index is 0.00000132. The number of rotatable bonds is 3. The minimum atomic E-state index is -0.406. The van der Waals surface area contributed by atoms with E-state index >= 15 is 0 Å². The number of nitrogens with zero attached hydrogens (tertiary/aromatic N) is 3. The lowest BCUT2D eigenvalue weighted by molar-refractivity contribution is 0.229. The number of nitrogens with two attached hydrogens (primary N) is 1. The highest BCUT2D eigenvalue weighted by molar-refractivity contribution is 7.18. The van der Waals surface area contributed by atoms with E-state index in [0.717, 1.165) is 34.9 Å². The van der Waals surface area contributed by atoms with Gasteiger partial charge in [-0.2, -0.15) is 4.98 Å². The largest absolute Gasteiger partial charge is 0.462 e. The molecular formula is C13H13ClN4O2S. The number of furan rings is 1. The minimum Gasteiger partial charge on any atom is -0.462 e. The summed E-state index contributed by atoms with van der Waals surface area (Å²) in [4.78, 5) is 9.53. The first-order valence-corrected chi connectivity index (χ1v) is 7.19. The van der Waals surface area contributed by atoms with Crippen molar-refractivity contribution in [2.24, 2.45) is 5.73 Å². The number of hydrogen-bond acceptors (Lipinski definition) is 7. The summed E-state index contributed by atoms with van der Waals surface area (Å²) in [7, 11) is 0. The van der Waals surface area contributed by atoms with Crippen LogP contribution in [0.3, 0.4) is 0 Å². The second-order valence-electron chi connectivity index (χ2n) is 4.94. The standard InChI is InChI=1S/C13H12N4O2S.ClH/c14-13(4-2-5-13)12-16-10(19-17-12)9-7-15-11(20-9)8-3-1-6-18-8;/h1,3,6-7H,2,4-5,14H2;1H. The van der Waals surface area contributed by atoms with Crippen molar-refractivity contribution in [3.05, 3.63) is 30.4 Å². The zero-order valence-corrected chi connectivity index (χ0v) is 12.6. The SMILES string of the molecule is Cl.NC1(c2noc(-c3cnc(-c4ccco4)s3)n2)CCC1. The Bertz CT molecular complexity index is 733. The Labute approximate surface area is 130 Å². The molecule has 0 spiro atoms. The molecule has 3 heterocycles. The Morgan fingerprint density at radius 2 is 2.19 bits per heavy atom. The molecular weight excluding hydrogens is 312 g/mol. The smallest absolute Gasteiger partial charge is 0.269 e. The number of thiazole rings is 1. The highest BCUT2D eigenvalue weighted by atomic mass is 35.5. The lowest BCUT2D eigenvalue weighted by Gasteiger charge is -2.34. The summed E-state index contributed by atoms with van der Waals surface area (Å²) in [5.74, 6) is 1.79. The van der Waals surface area contributed by atoms with Gasteiger partial charge >= 0.3 is 0 Å². The van der Waals surface area contributed by atoms with Gasteiger partial charge < -0.3 is 14.7 Å². The van der Waals surface area contributed by atoms with Crippen LogP contribution in [0.1, 0.15) is 25.1 Å². The first-order chi connectivity index (χ1) is 9.74. The van der Waals surface area contributed by atoms with Gasteiger partial charge in [0.05, 0.1) is 18.0 Å². The third kappa shape index (κ3) is 2.37. The van der Waals surface area contributed by atoms with Gasteiger partial charge in [0.25, 0.3) is 5.89 Å². The Morgan fingerprint density at radius 3 is 2.86 bits per heavy atom. The van der Waals surface area contributed by atoms with Gasteiger partial charge in [0.2, 0.25) is 0 Å². The average Bonchev–Trinajstić information content (AvgIpc) is 3.13. The van der Waals surface area contributed by atoms with Gasteiger partial charge in [0.1, 0.15) is 4.88 Å². The average molecular weight is 325 g/mol. The van der Waals surface area contributed by atoms with Crippen molar-refractivity contribution < 1.29 is 8.94 Å². The third-order valence-corrected chi connectivity index (χ3v) is 4.57. The van der Waals surface area contributed by atoms with Crippen LogP contribution in [0.4, 0.5) is 0 Å². The van der Waals surface area contributed by atoms with Crippen LogP contribution >= 0.6 is 23.7 Å². The summed E-state index contributed by atoms with van der Waals surface area (Å²) in [5, 5.41) is 4.79. The summed E-state index contributed by atoms with van der Waals surface area (Å²) in [6.07, 6.45) is 6.27. The molecule has 0 amide bonds. The molecule has 21 heavy (non-hydrogen) atoms. The van der Waals surface area contributed by atoms with Crippen molar-refractivity contribution in [3.8, 4) is 21.5 Å². The van der Waals surface area contributed by atoms with E-state index < -0.39 is 5.54 Å². The number of aromatic nitrogens is 3. The van der Waals surface area contributed by atoms with Crippen LogP contribution in [-0.2, 0) is 5.54 Å². The van der Waals surface area contributed by atoms with Crippen molar-refractivity contribution >= 4 is 23.7 Å². The van der Waals surface area contributed by atoms with Crippen LogP contribution in [0.25, 0.3) is 21.5 Å². The molecule has 1 fully saturated rings. The molecule has 0 radical (unpaired) electrons. The third-order valence-electron chi connectivity index (χ3n) is 3.57. The van der Waals surface area contributed by atoms with Gasteiger partial charge in [-0.3, -0.25) is 0 Å². The predicted octanol–water partition coefficient (Wildman–Crippen LogP) is 3.21. The Hall–Kier alpha value is -1.70. The molecule has 8 heteroatoms. The quantitative estimate of drug-likeness (QED) is 0.795. The monoisotopic (exact) mass is 324 g/mol. The molecule has 1 saturated carbocycles. The molecule has 3 aromatic rings. The van der Waals surface area contributed by atoms with Crippen LogP contribution in [-0.4, -0.2) is 15.1 Å². The fourth-order valence-corrected chi connectivity index (χ4v) is 3.00. The van der Waals surface area contributed by atoms with Gasteiger partial charge in [0, 0.05) is 0 Å². The molecule has 6 nitrogen and oxygen atoms in total. The molecule has 0 aromatic carbocycles. The maximum Gasteiger partial charge on any atom is 0.269 e. The molecule has 0 bridgehead atoms. The predicted molar refractivity (Wildman–Crippen MR) is 80.1 cm³/mol. The highest BCUT2D eigenvalue weighted by Crippen LogP contribution is 2.38. The molecule has 3 aromatic heterocycles. The van der Waals surface area contributed by atoms with E-state index in [4.69, 9.17) is 14.7 Å². The van der Waals surface area contributed by atoms with E-state index in [1.807, 2.05) is 12.1 Å². The van der Waals surface area contributed by atoms with Crippen LogP contribution in [0.15, 0.2) is 33.5 Å². The van der Waals surface area contributed by atoms with Crippen LogP contribution in [0.5, 0.6) is 0 Å². The summed E-state index contributed by atoms with van der Waals surface area (Å²) in [6, 6.07) is 3.70. The van der Waals surface area contributed by atoms with Crippen molar-refractivity contribution in [2.75, 3.05) is 0 Å². The van der Waals surface area contributed by atoms with E-state index in [9.17, 15) is 0 Å². The highest BCUT2D eigenvalue weighted by Gasteiger charge is 2.39. The maximum atomic E-state index is 6.19. The van der Waals surface area contributed by atoms with E-state index in [-0.39, 0.29) is 12.4 Å². The first-order valence-electron chi connectivity index (χ1n) is 6.38. The summed E-state index contributed by atoms with van der Waals surface area (Å²) in [6.45, 7) is 0. The second kappa shape index (κ2) is 5.25. The van der Waals surface area contributed by atoms with Gasteiger partial charge in [0.15, 0.2) is 16.6 Å². The Kier molecular flexibility index (Phi) is 3.56. The van der Waals surface area contributed by atoms with Crippen molar-refractivity contribution in [1.82, 2.24) is 15.1 Å². The Morgan fingerprint density at radius 1 is 1.33 bits per heavy atom. The first kappa shape index (κ1) is 14.2. The zero-order chi connectivity index (χ0) is 13.6. The molecule has 0 aliphatic heterocycles. The van der Waals surface area contributed by atoms with Gasteiger partial charge in [-0.25, -0.2) is 4.98 Å². The van der Waals surface area contributed by atoms with Gasteiger partial charge in [-0.1, -0.05) is 5.16 Å². The lowest BCUT2D eigenvalue weighted by Crippen LogP contribution is -2.44. The topological polar surface area (TPSA) is 91.0 Å². The molecule has 2 N–H and O–H groups in total. The summed E-state index contributed by atoms with van der Waals surface area (Å²) >= 11 is 1.45. The number of hydrogen-bond donors (Lipinski definition) is 1. The van der Waals surface area contributed by atoms with Crippen molar-refractivity contribution in [3.63, 3.8) is 0 Å². The van der Waals surface area contributed by atoms with Gasteiger partial charge in [-0.15, -0.1) is 23.7 Å². The zero-order valence-electron chi connectivity index (χ0n) is 11.0. The minimum absolute atomic E-state index is 0. The van der Waals surface area contributed by atoms with Crippen LogP contribution in [0, 0.1) is 0 Å². The molecule has 1 aliphatic rings. The van der Waals surface area contributed by atoms with Crippen LogP contribution in [0.2, 0.25) is 0 Å². The van der Waals surface area contributed by atoms with Crippen molar-refractivity contribution in [1.29, 1.82) is 0 Å². The molecule has 1 aliphatic carbocycles. The van der Waals surface area contributed by atoms with E-state index in [2.05, 4.69) is 15.1 Å². The second-order valence-corrected chi connectivity index (χ2v) is 5.97. The van der Waals surface area contributed by atoms with Crippen molar-refractivity contribution in [2.45, 2.75) is 24.8 Å². The molecule has 110 valence electrons. The van der Waals surface area contributed by atoms with E-state index in [1.54, 1.807) is 12.5 Å².